The lowest BCUT2D eigenvalue weighted by Crippen LogP contribution is -2.18. The number of rotatable bonds is 2. The highest BCUT2D eigenvalue weighted by Crippen LogP contribution is 2.28. The van der Waals surface area contributed by atoms with Gasteiger partial charge in [0.25, 0.3) is 0 Å². The maximum absolute atomic E-state index is 4.09. The quantitative estimate of drug-likeness (QED) is 0.792. The van der Waals surface area contributed by atoms with Crippen molar-refractivity contribution >= 4 is 28.4 Å². The third-order valence-electron chi connectivity index (χ3n) is 1.89. The van der Waals surface area contributed by atoms with Crippen LogP contribution in [-0.2, 0) is 0 Å². The van der Waals surface area contributed by atoms with Gasteiger partial charge in [0.05, 0.1) is 0 Å². The molecule has 2 unspecified atom stereocenters. The Bertz CT molecular complexity index is 237. The Balaban J connectivity index is 1.88. The first-order valence-electron chi connectivity index (χ1n) is 3.99. The molecule has 0 bridgehead atoms. The summed E-state index contributed by atoms with van der Waals surface area (Å²) in [5, 5.41) is 5.12. The first kappa shape index (κ1) is 8.31. The summed E-state index contributed by atoms with van der Waals surface area (Å²) in [6, 6.07) is 0.595. The van der Waals surface area contributed by atoms with Crippen LogP contribution in [0.4, 0.5) is 5.13 Å². The van der Waals surface area contributed by atoms with Crippen molar-refractivity contribution in [3.63, 3.8) is 0 Å². The fourth-order valence-corrected chi connectivity index (χ4v) is 2.99. The van der Waals surface area contributed by atoms with Crippen LogP contribution in [0.5, 0.6) is 0 Å². The van der Waals surface area contributed by atoms with E-state index in [-0.39, 0.29) is 0 Å². The fourth-order valence-electron chi connectivity index (χ4n) is 1.33. The summed E-state index contributed by atoms with van der Waals surface area (Å²) in [5.41, 5.74) is 0. The summed E-state index contributed by atoms with van der Waals surface area (Å²) in [5.74, 6) is 1.20. The Morgan fingerprint density at radius 1 is 1.67 bits per heavy atom. The number of aromatic nitrogens is 2. The molecule has 2 rings (SSSR count). The van der Waals surface area contributed by atoms with Gasteiger partial charge in [-0.1, -0.05) is 6.92 Å². The molecule has 1 aliphatic heterocycles. The molecule has 1 saturated heterocycles. The molecule has 0 aliphatic carbocycles. The number of nitrogens with zero attached hydrogens (tertiary/aromatic N) is 2. The third-order valence-corrected chi connectivity index (χ3v) is 3.84. The van der Waals surface area contributed by atoms with Crippen molar-refractivity contribution in [2.24, 2.45) is 0 Å². The van der Waals surface area contributed by atoms with Gasteiger partial charge in [-0.25, -0.2) is 4.98 Å². The minimum Gasteiger partial charge on any atom is -0.357 e. The van der Waals surface area contributed by atoms with Gasteiger partial charge in [-0.3, -0.25) is 0 Å². The van der Waals surface area contributed by atoms with Gasteiger partial charge in [0, 0.05) is 28.6 Å². The van der Waals surface area contributed by atoms with Gasteiger partial charge >= 0.3 is 0 Å². The first-order valence-corrected chi connectivity index (χ1v) is 5.81. The highest BCUT2D eigenvalue weighted by Gasteiger charge is 2.21. The van der Waals surface area contributed by atoms with Gasteiger partial charge in [0.1, 0.15) is 6.33 Å². The lowest BCUT2D eigenvalue weighted by Gasteiger charge is -2.08. The van der Waals surface area contributed by atoms with E-state index in [0.717, 1.165) is 10.4 Å². The summed E-state index contributed by atoms with van der Waals surface area (Å²) in [6.45, 7) is 2.27. The minimum absolute atomic E-state index is 0.595. The molecule has 0 radical (unpaired) electrons. The van der Waals surface area contributed by atoms with E-state index >= 15 is 0 Å². The van der Waals surface area contributed by atoms with E-state index in [0.29, 0.717) is 6.04 Å². The van der Waals surface area contributed by atoms with Crippen LogP contribution in [0.3, 0.4) is 0 Å². The summed E-state index contributed by atoms with van der Waals surface area (Å²) >= 11 is 3.45. The fraction of sp³-hybridized carbons (Fsp3) is 0.714. The van der Waals surface area contributed by atoms with E-state index < -0.39 is 0 Å². The zero-order valence-corrected chi connectivity index (χ0v) is 8.49. The number of hydrogen-bond acceptors (Lipinski definition) is 5. The van der Waals surface area contributed by atoms with E-state index in [9.17, 15) is 0 Å². The average Bonchev–Trinajstić information content (AvgIpc) is 2.63. The Labute approximate surface area is 80.1 Å². The summed E-state index contributed by atoms with van der Waals surface area (Å²) in [7, 11) is 0. The molecule has 66 valence electrons. The molecule has 1 N–H and O–H groups in total. The van der Waals surface area contributed by atoms with Crippen molar-refractivity contribution in [3.05, 3.63) is 6.33 Å². The molecule has 3 nitrogen and oxygen atoms in total. The van der Waals surface area contributed by atoms with Gasteiger partial charge in [0.2, 0.25) is 5.13 Å². The zero-order chi connectivity index (χ0) is 8.39. The Morgan fingerprint density at radius 3 is 3.17 bits per heavy atom. The first-order chi connectivity index (χ1) is 5.84. The van der Waals surface area contributed by atoms with E-state index in [1.807, 2.05) is 11.8 Å². The highest BCUT2D eigenvalue weighted by atomic mass is 32.2. The molecular weight excluding hydrogens is 190 g/mol. The Kier molecular flexibility index (Phi) is 2.51. The van der Waals surface area contributed by atoms with Crippen LogP contribution in [0.15, 0.2) is 6.33 Å². The van der Waals surface area contributed by atoms with Gasteiger partial charge in [-0.05, 0) is 6.42 Å². The molecule has 2 atom stereocenters. The lowest BCUT2D eigenvalue weighted by molar-refractivity contribution is 0.746. The van der Waals surface area contributed by atoms with Crippen LogP contribution in [-0.4, -0.2) is 26.4 Å². The number of hydrogen-bond donors (Lipinski definition) is 1. The van der Waals surface area contributed by atoms with Crippen molar-refractivity contribution < 1.29 is 0 Å². The second-order valence-corrected chi connectivity index (χ2v) is 5.22. The van der Waals surface area contributed by atoms with Gasteiger partial charge in [-0.2, -0.15) is 16.1 Å². The second kappa shape index (κ2) is 3.62. The highest BCUT2D eigenvalue weighted by molar-refractivity contribution is 8.00. The summed E-state index contributed by atoms with van der Waals surface area (Å²) in [4.78, 5) is 4.09. The van der Waals surface area contributed by atoms with Crippen LogP contribution in [0.2, 0.25) is 0 Å². The van der Waals surface area contributed by atoms with Crippen molar-refractivity contribution in [2.75, 3.05) is 11.1 Å². The van der Waals surface area contributed by atoms with Crippen molar-refractivity contribution in [1.29, 1.82) is 0 Å². The van der Waals surface area contributed by atoms with Crippen LogP contribution in [0.25, 0.3) is 0 Å². The molecule has 1 aromatic heterocycles. The molecule has 12 heavy (non-hydrogen) atoms. The summed E-state index contributed by atoms with van der Waals surface area (Å²) in [6.07, 6.45) is 2.84. The number of nitrogens with one attached hydrogen (secondary N) is 1. The maximum atomic E-state index is 4.09. The SMILES string of the molecule is CC1CC(Nc2ncns2)CS1. The van der Waals surface area contributed by atoms with Gasteiger partial charge in [-0.15, -0.1) is 0 Å². The Morgan fingerprint density at radius 2 is 2.58 bits per heavy atom. The van der Waals surface area contributed by atoms with E-state index in [2.05, 4.69) is 21.6 Å². The van der Waals surface area contributed by atoms with Crippen LogP contribution in [0, 0.1) is 0 Å². The van der Waals surface area contributed by atoms with Crippen molar-refractivity contribution in [1.82, 2.24) is 9.36 Å². The zero-order valence-electron chi connectivity index (χ0n) is 6.86. The monoisotopic (exact) mass is 201 g/mol. The maximum Gasteiger partial charge on any atom is 0.202 e. The van der Waals surface area contributed by atoms with E-state index in [4.69, 9.17) is 0 Å². The molecule has 1 aromatic rings. The number of thioether (sulfide) groups is 1. The molecule has 1 aliphatic rings. The minimum atomic E-state index is 0.595. The average molecular weight is 201 g/mol. The van der Waals surface area contributed by atoms with Crippen LogP contribution in [0.1, 0.15) is 13.3 Å². The third kappa shape index (κ3) is 1.90. The standard InChI is InChI=1S/C7H11N3S2/c1-5-2-6(3-11-5)10-7-8-4-9-12-7/h4-6H,2-3H2,1H3,(H,8,9,10). The predicted molar refractivity (Wildman–Crippen MR) is 53.9 cm³/mol. The van der Waals surface area contributed by atoms with Crippen molar-refractivity contribution in [2.45, 2.75) is 24.6 Å². The predicted octanol–water partition coefficient (Wildman–Crippen LogP) is 1.84. The number of anilines is 1. The van der Waals surface area contributed by atoms with Gasteiger partial charge in [0.15, 0.2) is 0 Å². The van der Waals surface area contributed by atoms with Crippen LogP contribution < -0.4 is 5.32 Å². The summed E-state index contributed by atoms with van der Waals surface area (Å²) < 4.78 is 3.94. The molecule has 0 aromatic carbocycles. The van der Waals surface area contributed by atoms with E-state index in [1.54, 1.807) is 6.33 Å². The molecular formula is C7H11N3S2. The molecule has 2 heterocycles. The molecule has 0 saturated carbocycles. The molecule has 1 fully saturated rings. The molecule has 0 amide bonds. The largest absolute Gasteiger partial charge is 0.357 e. The molecule has 0 spiro atoms. The smallest absolute Gasteiger partial charge is 0.202 e. The van der Waals surface area contributed by atoms with E-state index in [1.165, 1.54) is 23.7 Å². The normalized spacial score (nSPS) is 29.1. The van der Waals surface area contributed by atoms with Gasteiger partial charge < -0.3 is 5.32 Å². The topological polar surface area (TPSA) is 37.8 Å². The molecule has 5 heteroatoms. The van der Waals surface area contributed by atoms with Crippen LogP contribution >= 0.6 is 23.3 Å². The van der Waals surface area contributed by atoms with Crippen molar-refractivity contribution in [3.8, 4) is 0 Å². The Hall–Kier alpha value is -0.290. The lowest BCUT2D eigenvalue weighted by atomic mass is 10.2. The second-order valence-electron chi connectivity index (χ2n) is 2.97.